The molecule has 2 aliphatic heterocycles. The van der Waals surface area contributed by atoms with Crippen LogP contribution in [0.2, 0.25) is 5.02 Å². The molecule has 5 nitrogen and oxygen atoms in total. The van der Waals surface area contributed by atoms with Crippen molar-refractivity contribution in [3.05, 3.63) is 46.9 Å². The number of piperazine rings is 1. The zero-order valence-corrected chi connectivity index (χ0v) is 19.0. The summed E-state index contributed by atoms with van der Waals surface area (Å²) >= 11 is 7.01. The molecule has 1 N–H and O–H groups in total. The molecule has 10 heteroatoms. The van der Waals surface area contributed by atoms with Gasteiger partial charge in [0, 0.05) is 50.9 Å². The molecule has 2 aromatic rings. The maximum Gasteiger partial charge on any atom is 0.214 e. The molecule has 1 unspecified atom stereocenters. The molecular formula is C21H25ClF3N5S. The van der Waals surface area contributed by atoms with Crippen molar-refractivity contribution in [2.24, 2.45) is 0 Å². The minimum absolute atomic E-state index is 0.0600. The fourth-order valence-electron chi connectivity index (χ4n) is 4.21. The molecule has 0 radical (unpaired) electrons. The molecule has 1 aromatic carbocycles. The van der Waals surface area contributed by atoms with E-state index < -0.39 is 17.6 Å². The van der Waals surface area contributed by atoms with E-state index >= 15 is 0 Å². The van der Waals surface area contributed by atoms with E-state index in [1.165, 1.54) is 24.3 Å². The van der Waals surface area contributed by atoms with Gasteiger partial charge in [-0.1, -0.05) is 17.7 Å². The predicted molar refractivity (Wildman–Crippen MR) is 119 cm³/mol. The molecular weight excluding hydrogens is 447 g/mol. The van der Waals surface area contributed by atoms with Crippen LogP contribution in [-0.4, -0.2) is 66.6 Å². The number of anilines is 2. The number of benzene rings is 1. The minimum Gasteiger partial charge on any atom is -0.368 e. The van der Waals surface area contributed by atoms with Gasteiger partial charge in [0.15, 0.2) is 5.82 Å². The summed E-state index contributed by atoms with van der Waals surface area (Å²) in [5.41, 5.74) is 0.304. The number of pyridine rings is 1. The highest BCUT2D eigenvalue weighted by Gasteiger charge is 2.40. The minimum atomic E-state index is -0.834. The van der Waals surface area contributed by atoms with E-state index in [2.05, 4.69) is 33.5 Å². The Balaban J connectivity index is 1.49. The summed E-state index contributed by atoms with van der Waals surface area (Å²) in [6.07, 6.45) is 0.902. The Bertz CT molecular complexity index is 957. The second kappa shape index (κ2) is 9.05. The van der Waals surface area contributed by atoms with Crippen molar-refractivity contribution in [1.29, 1.82) is 0 Å². The van der Waals surface area contributed by atoms with Gasteiger partial charge in [-0.15, -0.1) is 0 Å². The summed E-state index contributed by atoms with van der Waals surface area (Å²) in [4.78, 5) is 10.1. The molecule has 31 heavy (non-hydrogen) atoms. The average molecular weight is 472 g/mol. The Hall–Kier alpha value is -1.68. The van der Waals surface area contributed by atoms with E-state index in [9.17, 15) is 13.2 Å². The van der Waals surface area contributed by atoms with Gasteiger partial charge in [-0.3, -0.25) is 4.90 Å². The first kappa shape index (κ1) is 22.5. The number of aromatic nitrogens is 1. The lowest BCUT2D eigenvalue weighted by Gasteiger charge is -2.43. The fourth-order valence-corrected chi connectivity index (χ4v) is 5.21. The van der Waals surface area contributed by atoms with E-state index in [1.54, 1.807) is 0 Å². The Morgan fingerprint density at radius 3 is 2.58 bits per heavy atom. The van der Waals surface area contributed by atoms with Crippen molar-refractivity contribution in [3.63, 3.8) is 0 Å². The second-order valence-electron chi connectivity index (χ2n) is 8.34. The van der Waals surface area contributed by atoms with Gasteiger partial charge in [0.2, 0.25) is 5.95 Å². The van der Waals surface area contributed by atoms with E-state index in [0.717, 1.165) is 32.6 Å². The van der Waals surface area contributed by atoms with Gasteiger partial charge in [0.05, 0.1) is 5.69 Å². The Kier molecular flexibility index (Phi) is 6.57. The van der Waals surface area contributed by atoms with Gasteiger partial charge in [-0.2, -0.15) is 4.39 Å². The number of nitrogens with zero attached hydrogens (tertiary/aromatic N) is 4. The van der Waals surface area contributed by atoms with Crippen LogP contribution in [0.5, 0.6) is 0 Å². The number of nitrogens with one attached hydrogen (secondary N) is 1. The maximum absolute atomic E-state index is 15.0. The van der Waals surface area contributed by atoms with Crippen LogP contribution in [0.15, 0.2) is 29.2 Å². The van der Waals surface area contributed by atoms with Gasteiger partial charge >= 0.3 is 0 Å². The lowest BCUT2D eigenvalue weighted by atomic mass is 9.98. The molecule has 2 fully saturated rings. The summed E-state index contributed by atoms with van der Waals surface area (Å²) in [5.74, 6) is -2.08. The van der Waals surface area contributed by atoms with E-state index in [0.29, 0.717) is 30.7 Å². The van der Waals surface area contributed by atoms with Crippen molar-refractivity contribution in [1.82, 2.24) is 14.8 Å². The number of rotatable bonds is 5. The van der Waals surface area contributed by atoms with Crippen LogP contribution >= 0.6 is 23.5 Å². The fraction of sp³-hybridized carbons (Fsp3) is 0.476. The van der Waals surface area contributed by atoms with Crippen LogP contribution in [0.4, 0.5) is 24.7 Å². The third-order valence-corrected chi connectivity index (χ3v) is 7.38. The van der Waals surface area contributed by atoms with Crippen LogP contribution in [-0.2, 0) is 0 Å². The maximum atomic E-state index is 15.0. The van der Waals surface area contributed by atoms with Gasteiger partial charge < -0.3 is 14.5 Å². The van der Waals surface area contributed by atoms with Gasteiger partial charge in [-0.25, -0.2) is 13.8 Å². The first-order chi connectivity index (χ1) is 14.8. The van der Waals surface area contributed by atoms with E-state index in [-0.39, 0.29) is 21.3 Å². The van der Waals surface area contributed by atoms with Crippen LogP contribution < -0.4 is 9.62 Å². The summed E-state index contributed by atoms with van der Waals surface area (Å²) in [5, 5.41) is -0.111. The molecule has 1 atom stereocenters. The monoisotopic (exact) mass is 471 g/mol. The quantitative estimate of drug-likeness (QED) is 0.393. The van der Waals surface area contributed by atoms with Crippen molar-refractivity contribution in [3.8, 4) is 0 Å². The van der Waals surface area contributed by atoms with Crippen molar-refractivity contribution in [2.45, 2.75) is 23.8 Å². The molecule has 0 saturated carbocycles. The average Bonchev–Trinajstić information content (AvgIpc) is 3.14. The first-order valence-corrected chi connectivity index (χ1v) is 11.4. The molecule has 0 bridgehead atoms. The highest BCUT2D eigenvalue weighted by atomic mass is 35.5. The third kappa shape index (κ3) is 4.74. The van der Waals surface area contributed by atoms with Crippen LogP contribution in [0.3, 0.4) is 0 Å². The molecule has 4 rings (SSSR count). The first-order valence-electron chi connectivity index (χ1n) is 10.2. The summed E-state index contributed by atoms with van der Waals surface area (Å²) in [6, 6.07) is 5.43. The Morgan fingerprint density at radius 1 is 1.13 bits per heavy atom. The number of halogens is 4. The summed E-state index contributed by atoms with van der Waals surface area (Å²) < 4.78 is 45.7. The highest BCUT2D eigenvalue weighted by Crippen LogP contribution is 2.40. The van der Waals surface area contributed by atoms with Gasteiger partial charge in [0.25, 0.3) is 0 Å². The summed E-state index contributed by atoms with van der Waals surface area (Å²) in [6.45, 7) is 7.53. The van der Waals surface area contributed by atoms with E-state index in [4.69, 9.17) is 11.6 Å². The molecule has 0 spiro atoms. The van der Waals surface area contributed by atoms with Crippen molar-refractivity contribution >= 4 is 35.1 Å². The molecule has 0 amide bonds. The smallest absolute Gasteiger partial charge is 0.214 e. The standard InChI is InChI=1S/C21H25ClF3N5S/c1-21(30-10-8-28(2)9-11-30)6-7-29(13-21)15-12-14(23)20(19(25)18(15)22)31-27-17-5-3-4-16(24)26-17/h3-5,12H,6-11,13H2,1-2H3,(H,26,27). The zero-order chi connectivity index (χ0) is 22.2. The highest BCUT2D eigenvalue weighted by molar-refractivity contribution is 8.00. The van der Waals surface area contributed by atoms with Crippen LogP contribution in [0, 0.1) is 17.6 Å². The second-order valence-corrected chi connectivity index (χ2v) is 9.54. The molecule has 2 saturated heterocycles. The Labute approximate surface area is 189 Å². The third-order valence-electron chi connectivity index (χ3n) is 6.13. The van der Waals surface area contributed by atoms with Crippen LogP contribution in [0.25, 0.3) is 0 Å². The molecule has 1 aromatic heterocycles. The molecule has 2 aliphatic rings. The Morgan fingerprint density at radius 2 is 1.87 bits per heavy atom. The number of likely N-dealkylation sites (N-methyl/N-ethyl adjacent to an activating group) is 1. The van der Waals surface area contributed by atoms with Crippen LogP contribution in [0.1, 0.15) is 13.3 Å². The van der Waals surface area contributed by atoms with Gasteiger partial charge in [0.1, 0.15) is 21.6 Å². The van der Waals surface area contributed by atoms with Gasteiger partial charge in [-0.05, 0) is 44.5 Å². The number of hydrogen-bond donors (Lipinski definition) is 1. The predicted octanol–water partition coefficient (Wildman–Crippen LogP) is 4.49. The molecule has 0 aliphatic carbocycles. The normalized spacial score (nSPS) is 22.8. The molecule has 3 heterocycles. The summed E-state index contributed by atoms with van der Waals surface area (Å²) in [7, 11) is 2.12. The largest absolute Gasteiger partial charge is 0.368 e. The van der Waals surface area contributed by atoms with Crippen molar-refractivity contribution in [2.75, 3.05) is 55.9 Å². The topological polar surface area (TPSA) is 34.6 Å². The number of hydrogen-bond acceptors (Lipinski definition) is 6. The zero-order valence-electron chi connectivity index (χ0n) is 17.5. The van der Waals surface area contributed by atoms with Crippen molar-refractivity contribution < 1.29 is 13.2 Å². The van der Waals surface area contributed by atoms with E-state index in [1.807, 2.05) is 4.90 Å². The SMILES string of the molecule is CN1CCN(C2(C)CCN(c3cc(F)c(SNc4cccc(F)n4)c(F)c3Cl)C2)CC1. The molecule has 168 valence electrons. The lowest BCUT2D eigenvalue weighted by molar-refractivity contribution is 0.0641. The lowest BCUT2D eigenvalue weighted by Crippen LogP contribution is -2.56.